The number of esters is 1. The van der Waals surface area contributed by atoms with E-state index < -0.39 is 71.3 Å². The predicted octanol–water partition coefficient (Wildman–Crippen LogP) is 11.2. The number of rotatable bonds is 16. The van der Waals surface area contributed by atoms with Crippen LogP contribution in [0.1, 0.15) is 165 Å². The molecular weight excluding hydrogens is 905 g/mol. The second kappa shape index (κ2) is 24.3. The fraction of sp³-hybridized carbons (Fsp3) is 0.582. The number of amides is 4. The number of carbonyl (C=O) groups is 5. The number of carbonyl (C=O) groups excluding carboxylic acids is 5. The summed E-state index contributed by atoms with van der Waals surface area (Å²) in [5, 5.41) is 5.14. The van der Waals surface area contributed by atoms with E-state index in [9.17, 15) is 37.1 Å². The van der Waals surface area contributed by atoms with Gasteiger partial charge in [0, 0.05) is 41.9 Å². The summed E-state index contributed by atoms with van der Waals surface area (Å²) in [6.07, 6.45) is 10.4. The van der Waals surface area contributed by atoms with E-state index >= 15 is 0 Å². The molecule has 1 saturated heterocycles. The highest BCUT2D eigenvalue weighted by molar-refractivity contribution is 6.31. The SMILES string of the molecule is CC(C)[C@@H](C(=O)N[C@@H](CC(=O)OC(c1ccccc1)(c1ccc(C2CCCCCCCCC2)cc1)c1ccccc1Cl)C(=O)N1CCCC1)N(C)C(=O)C(C)(CC1CCCCC1)NC(=O)C(F)(F)F. The lowest BCUT2D eigenvalue weighted by atomic mass is 9.78. The summed E-state index contributed by atoms with van der Waals surface area (Å²) in [6.45, 7) is 5.45. The molecule has 3 fully saturated rings. The summed E-state index contributed by atoms with van der Waals surface area (Å²) in [5.74, 6) is -5.58. The van der Waals surface area contributed by atoms with Gasteiger partial charge in [-0.15, -0.1) is 0 Å². The Kier molecular flexibility index (Phi) is 18.8. The third-order valence-electron chi connectivity index (χ3n) is 14.7. The quantitative estimate of drug-likeness (QED) is 0.109. The smallest absolute Gasteiger partial charge is 0.444 e. The molecule has 0 spiro atoms. The molecule has 1 heterocycles. The normalized spacial score (nSPS) is 19.3. The van der Waals surface area contributed by atoms with Crippen LogP contribution < -0.4 is 10.6 Å². The van der Waals surface area contributed by atoms with Gasteiger partial charge < -0.3 is 25.2 Å². The van der Waals surface area contributed by atoms with E-state index in [-0.39, 0.29) is 12.3 Å². The molecule has 2 saturated carbocycles. The molecule has 69 heavy (non-hydrogen) atoms. The number of hydrogen-bond donors (Lipinski definition) is 2. The first-order valence-electron chi connectivity index (χ1n) is 25.3. The molecule has 2 unspecified atom stereocenters. The highest BCUT2D eigenvalue weighted by atomic mass is 35.5. The summed E-state index contributed by atoms with van der Waals surface area (Å²) < 4.78 is 48.0. The summed E-state index contributed by atoms with van der Waals surface area (Å²) in [4.78, 5) is 73.7. The molecule has 1 aliphatic heterocycles. The number of nitrogens with zero attached hydrogens (tertiary/aromatic N) is 2. The summed E-state index contributed by atoms with van der Waals surface area (Å²) >= 11 is 7.05. The van der Waals surface area contributed by atoms with Crippen molar-refractivity contribution in [2.75, 3.05) is 20.1 Å². The minimum atomic E-state index is -5.25. The molecule has 0 aromatic heterocycles. The predicted molar refractivity (Wildman–Crippen MR) is 262 cm³/mol. The van der Waals surface area contributed by atoms with Gasteiger partial charge in [-0.3, -0.25) is 24.0 Å². The van der Waals surface area contributed by atoms with Gasteiger partial charge in [-0.05, 0) is 68.4 Å². The van der Waals surface area contributed by atoms with Crippen molar-refractivity contribution >= 4 is 41.2 Å². The van der Waals surface area contributed by atoms with Crippen molar-refractivity contribution in [2.24, 2.45) is 11.8 Å². The summed E-state index contributed by atoms with van der Waals surface area (Å²) in [7, 11) is 1.32. The van der Waals surface area contributed by atoms with Crippen molar-refractivity contribution in [3.05, 3.63) is 106 Å². The molecule has 3 aliphatic rings. The molecule has 0 bridgehead atoms. The number of likely N-dealkylation sites (tertiary alicyclic amines) is 1. The Hall–Kier alpha value is -4.91. The number of halogens is 4. The number of nitrogens with one attached hydrogen (secondary N) is 2. The van der Waals surface area contributed by atoms with Crippen LogP contribution in [0.5, 0.6) is 0 Å². The Morgan fingerprint density at radius 2 is 1.28 bits per heavy atom. The molecule has 3 aromatic carbocycles. The lowest BCUT2D eigenvalue weighted by Crippen LogP contribution is -2.64. The van der Waals surface area contributed by atoms with Crippen LogP contribution in [0.2, 0.25) is 5.02 Å². The van der Waals surface area contributed by atoms with Crippen LogP contribution >= 0.6 is 11.6 Å². The van der Waals surface area contributed by atoms with Crippen LogP contribution in [0, 0.1) is 11.8 Å². The third kappa shape index (κ3) is 13.5. The lowest BCUT2D eigenvalue weighted by Gasteiger charge is -2.40. The van der Waals surface area contributed by atoms with Crippen molar-refractivity contribution in [1.82, 2.24) is 20.4 Å². The van der Waals surface area contributed by atoms with Crippen molar-refractivity contribution in [3.8, 4) is 0 Å². The zero-order valence-corrected chi connectivity index (χ0v) is 41.6. The van der Waals surface area contributed by atoms with Crippen LogP contribution in [0.4, 0.5) is 13.2 Å². The Bertz CT molecular complexity index is 2190. The van der Waals surface area contributed by atoms with E-state index in [1.54, 1.807) is 30.9 Å². The van der Waals surface area contributed by atoms with Crippen molar-refractivity contribution in [2.45, 2.75) is 172 Å². The summed E-state index contributed by atoms with van der Waals surface area (Å²) in [6, 6.07) is 21.9. The number of likely N-dealkylation sites (N-methyl/N-ethyl adjacent to an activating group) is 1. The third-order valence-corrected chi connectivity index (χ3v) is 15.0. The van der Waals surface area contributed by atoms with Gasteiger partial charge in [-0.25, -0.2) is 0 Å². The Balaban J connectivity index is 1.33. The largest absolute Gasteiger partial charge is 0.471 e. The average Bonchev–Trinajstić information content (AvgIpc) is 3.88. The number of alkyl halides is 3. The van der Waals surface area contributed by atoms with Crippen molar-refractivity contribution < 1.29 is 41.9 Å². The number of benzene rings is 3. The van der Waals surface area contributed by atoms with Gasteiger partial charge in [0.1, 0.15) is 17.6 Å². The van der Waals surface area contributed by atoms with E-state index in [1.807, 2.05) is 59.9 Å². The maximum absolute atomic E-state index is 14.9. The van der Waals surface area contributed by atoms with Crippen LogP contribution in [0.3, 0.4) is 0 Å². The molecule has 0 radical (unpaired) electrons. The zero-order valence-electron chi connectivity index (χ0n) is 40.9. The minimum absolute atomic E-state index is 0.0513. The molecule has 10 nitrogen and oxygen atoms in total. The first kappa shape index (κ1) is 53.4. The van der Waals surface area contributed by atoms with Crippen LogP contribution in [-0.4, -0.2) is 83.3 Å². The lowest BCUT2D eigenvalue weighted by molar-refractivity contribution is -0.177. The van der Waals surface area contributed by atoms with Crippen LogP contribution in [0.25, 0.3) is 0 Å². The van der Waals surface area contributed by atoms with E-state index in [0.717, 1.165) is 62.7 Å². The Labute approximate surface area is 411 Å². The number of hydrogen-bond acceptors (Lipinski definition) is 6. The molecule has 4 atom stereocenters. The molecule has 6 rings (SSSR count). The van der Waals surface area contributed by atoms with E-state index in [2.05, 4.69) is 17.4 Å². The second-order valence-electron chi connectivity index (χ2n) is 20.3. The second-order valence-corrected chi connectivity index (χ2v) is 20.7. The molecule has 4 amide bonds. The van der Waals surface area contributed by atoms with Crippen LogP contribution in [-0.2, 0) is 34.3 Å². The standard InChI is InChI=1S/C55H72ClF3N4O6/c1-38(2)48(62(4)52(68)53(3,61-51(67)55(57,58)59)37-39-22-12-10-13-23-39)49(65)60-46(50(66)63-34-20-21-35-63)36-47(64)69-54(42-26-16-11-17-27-42,44-28-18-19-29-45(44)56)43-32-30-41(31-33-43)40-24-14-8-6-5-7-9-15-25-40/h11,16-19,26-33,38-40,46,48H,5-10,12-15,20-25,34-37H2,1-4H3,(H,60,65)(H,61,67)/t46-,48-,53?,54?/m0/s1. The fourth-order valence-electron chi connectivity index (χ4n) is 11.1. The highest BCUT2D eigenvalue weighted by Crippen LogP contribution is 2.45. The molecule has 376 valence electrons. The maximum Gasteiger partial charge on any atom is 0.471 e. The van der Waals surface area contributed by atoms with Gasteiger partial charge >= 0.3 is 18.1 Å². The van der Waals surface area contributed by atoms with Gasteiger partial charge in [-0.2, -0.15) is 13.2 Å². The van der Waals surface area contributed by atoms with Gasteiger partial charge in [-0.1, -0.05) is 175 Å². The van der Waals surface area contributed by atoms with Gasteiger partial charge in [0.05, 0.1) is 6.42 Å². The topological polar surface area (TPSA) is 125 Å². The maximum atomic E-state index is 14.9. The highest BCUT2D eigenvalue weighted by Gasteiger charge is 2.49. The first-order valence-corrected chi connectivity index (χ1v) is 25.7. The number of ether oxygens (including phenoxy) is 1. The Morgan fingerprint density at radius 1 is 0.739 bits per heavy atom. The van der Waals surface area contributed by atoms with E-state index in [4.69, 9.17) is 16.3 Å². The molecule has 2 N–H and O–H groups in total. The van der Waals surface area contributed by atoms with Gasteiger partial charge in [0.25, 0.3) is 0 Å². The van der Waals surface area contributed by atoms with Crippen molar-refractivity contribution in [1.29, 1.82) is 0 Å². The average molecular weight is 978 g/mol. The van der Waals surface area contributed by atoms with E-state index in [0.29, 0.717) is 53.6 Å². The molecule has 2 aliphatic carbocycles. The van der Waals surface area contributed by atoms with E-state index in [1.165, 1.54) is 51.6 Å². The minimum Gasteiger partial charge on any atom is -0.444 e. The fourth-order valence-corrected chi connectivity index (χ4v) is 11.4. The summed E-state index contributed by atoms with van der Waals surface area (Å²) in [5.41, 5.74) is -0.647. The molecule has 3 aromatic rings. The molecular formula is C55H72ClF3N4O6. The Morgan fingerprint density at radius 3 is 1.86 bits per heavy atom. The molecule has 14 heteroatoms. The van der Waals surface area contributed by atoms with Gasteiger partial charge in [0.15, 0.2) is 5.60 Å². The van der Waals surface area contributed by atoms with Crippen molar-refractivity contribution in [3.63, 3.8) is 0 Å². The monoisotopic (exact) mass is 977 g/mol. The van der Waals surface area contributed by atoms with Gasteiger partial charge in [0.2, 0.25) is 17.7 Å². The van der Waals surface area contributed by atoms with Crippen LogP contribution in [0.15, 0.2) is 78.9 Å². The first-order chi connectivity index (χ1) is 32.9. The zero-order chi connectivity index (χ0) is 49.8.